The number of urea groups is 1. The normalized spacial score (nSPS) is 11.8. The number of carboxylic acids is 1. The summed E-state index contributed by atoms with van der Waals surface area (Å²) >= 11 is 5.90. The largest absolute Gasteiger partial charge is 0.480 e. The second-order valence-electron chi connectivity index (χ2n) is 4.95. The van der Waals surface area contributed by atoms with Gasteiger partial charge in [-0.2, -0.15) is 0 Å². The molecule has 0 fully saturated rings. The number of rotatable bonds is 7. The molecule has 2 amide bonds. The zero-order chi connectivity index (χ0) is 15.8. The van der Waals surface area contributed by atoms with Crippen LogP contribution >= 0.6 is 11.6 Å². The predicted octanol–water partition coefficient (Wildman–Crippen LogP) is 3.52. The molecule has 0 aliphatic rings. The molecule has 0 saturated heterocycles. The van der Waals surface area contributed by atoms with Crippen LogP contribution in [0.15, 0.2) is 24.3 Å². The fourth-order valence-corrected chi connectivity index (χ4v) is 2.12. The van der Waals surface area contributed by atoms with E-state index in [-0.39, 0.29) is 6.04 Å². The number of carbonyl (C=O) groups excluding carboxylic acids is 1. The summed E-state index contributed by atoms with van der Waals surface area (Å²) in [5.74, 6) is -1.08. The third-order valence-corrected chi connectivity index (χ3v) is 3.25. The lowest BCUT2D eigenvalue weighted by Gasteiger charge is -2.24. The molecule has 1 atom stereocenters. The SMILES string of the molecule is CCCCC(C)NC(=O)N(CC(=O)O)c1cccc(Cl)c1. The van der Waals surface area contributed by atoms with Crippen LogP contribution < -0.4 is 10.2 Å². The molecule has 6 heteroatoms. The molecule has 0 aliphatic heterocycles. The van der Waals surface area contributed by atoms with Crippen molar-refractivity contribution in [3.05, 3.63) is 29.3 Å². The first-order valence-corrected chi connectivity index (χ1v) is 7.37. The van der Waals surface area contributed by atoms with E-state index in [4.69, 9.17) is 16.7 Å². The molecule has 21 heavy (non-hydrogen) atoms. The van der Waals surface area contributed by atoms with Crippen molar-refractivity contribution in [3.63, 3.8) is 0 Å². The third kappa shape index (κ3) is 6.04. The predicted molar refractivity (Wildman–Crippen MR) is 84.0 cm³/mol. The van der Waals surface area contributed by atoms with Crippen LogP contribution in [-0.2, 0) is 4.79 Å². The van der Waals surface area contributed by atoms with Crippen LogP contribution in [0.25, 0.3) is 0 Å². The highest BCUT2D eigenvalue weighted by atomic mass is 35.5. The Bertz CT molecular complexity index is 494. The molecule has 1 aromatic carbocycles. The van der Waals surface area contributed by atoms with Crippen molar-refractivity contribution in [1.82, 2.24) is 5.32 Å². The van der Waals surface area contributed by atoms with Gasteiger partial charge in [0.25, 0.3) is 0 Å². The van der Waals surface area contributed by atoms with Gasteiger partial charge < -0.3 is 10.4 Å². The van der Waals surface area contributed by atoms with Crippen molar-refractivity contribution >= 4 is 29.3 Å². The van der Waals surface area contributed by atoms with Crippen molar-refractivity contribution in [2.75, 3.05) is 11.4 Å². The minimum atomic E-state index is -1.08. The maximum atomic E-state index is 12.3. The van der Waals surface area contributed by atoms with E-state index >= 15 is 0 Å². The molecule has 1 rings (SSSR count). The molecule has 2 N–H and O–H groups in total. The second kappa shape index (κ2) is 8.52. The van der Waals surface area contributed by atoms with Gasteiger partial charge in [0.1, 0.15) is 6.54 Å². The lowest BCUT2D eigenvalue weighted by Crippen LogP contribution is -2.46. The van der Waals surface area contributed by atoms with Crippen LogP contribution in [0.4, 0.5) is 10.5 Å². The number of hydrogen-bond acceptors (Lipinski definition) is 2. The number of nitrogens with one attached hydrogen (secondary N) is 1. The zero-order valence-corrected chi connectivity index (χ0v) is 13.1. The summed E-state index contributed by atoms with van der Waals surface area (Å²) in [5, 5.41) is 12.3. The van der Waals surface area contributed by atoms with Gasteiger partial charge in [0, 0.05) is 16.8 Å². The molecule has 1 unspecified atom stereocenters. The Morgan fingerprint density at radius 2 is 2.14 bits per heavy atom. The molecule has 0 aliphatic carbocycles. The van der Waals surface area contributed by atoms with E-state index in [1.165, 1.54) is 4.90 Å². The van der Waals surface area contributed by atoms with Crippen LogP contribution in [0, 0.1) is 0 Å². The van der Waals surface area contributed by atoms with Gasteiger partial charge >= 0.3 is 12.0 Å². The first-order chi connectivity index (χ1) is 9.93. The van der Waals surface area contributed by atoms with Gasteiger partial charge in [-0.3, -0.25) is 9.69 Å². The van der Waals surface area contributed by atoms with Crippen LogP contribution in [0.3, 0.4) is 0 Å². The number of hydrogen-bond donors (Lipinski definition) is 2. The second-order valence-corrected chi connectivity index (χ2v) is 5.39. The van der Waals surface area contributed by atoms with Gasteiger partial charge in [-0.25, -0.2) is 4.79 Å². The van der Waals surface area contributed by atoms with Crippen molar-refractivity contribution in [3.8, 4) is 0 Å². The number of aliphatic carboxylic acids is 1. The summed E-state index contributed by atoms with van der Waals surface area (Å²) in [6.07, 6.45) is 2.92. The Morgan fingerprint density at radius 1 is 1.43 bits per heavy atom. The number of benzene rings is 1. The number of halogens is 1. The van der Waals surface area contributed by atoms with E-state index in [0.717, 1.165) is 19.3 Å². The number of amides is 2. The number of anilines is 1. The smallest absolute Gasteiger partial charge is 0.323 e. The highest BCUT2D eigenvalue weighted by molar-refractivity contribution is 6.30. The van der Waals surface area contributed by atoms with Crippen molar-refractivity contribution in [1.29, 1.82) is 0 Å². The summed E-state index contributed by atoms with van der Waals surface area (Å²) in [6.45, 7) is 3.58. The molecule has 5 nitrogen and oxygen atoms in total. The maximum absolute atomic E-state index is 12.3. The minimum Gasteiger partial charge on any atom is -0.480 e. The van der Waals surface area contributed by atoms with E-state index in [9.17, 15) is 9.59 Å². The summed E-state index contributed by atoms with van der Waals surface area (Å²) < 4.78 is 0. The molecule has 0 spiro atoms. The molecular formula is C15H21ClN2O3. The molecular weight excluding hydrogens is 292 g/mol. The van der Waals surface area contributed by atoms with Crippen LogP contribution in [-0.4, -0.2) is 29.7 Å². The fraction of sp³-hybridized carbons (Fsp3) is 0.467. The topological polar surface area (TPSA) is 69.6 Å². The quantitative estimate of drug-likeness (QED) is 0.809. The van der Waals surface area contributed by atoms with Gasteiger partial charge in [-0.15, -0.1) is 0 Å². The van der Waals surface area contributed by atoms with E-state index in [1.54, 1.807) is 24.3 Å². The van der Waals surface area contributed by atoms with Gasteiger partial charge in [0.2, 0.25) is 0 Å². The van der Waals surface area contributed by atoms with Gasteiger partial charge in [-0.05, 0) is 31.5 Å². The monoisotopic (exact) mass is 312 g/mol. The number of unbranched alkanes of at least 4 members (excludes halogenated alkanes) is 1. The molecule has 1 aromatic rings. The lowest BCUT2D eigenvalue weighted by molar-refractivity contribution is -0.135. The van der Waals surface area contributed by atoms with Crippen LogP contribution in [0.2, 0.25) is 5.02 Å². The molecule has 0 heterocycles. The lowest BCUT2D eigenvalue weighted by atomic mass is 10.1. The molecule has 0 radical (unpaired) electrons. The summed E-state index contributed by atoms with van der Waals surface area (Å²) in [5.41, 5.74) is 0.463. The molecule has 0 aromatic heterocycles. The first kappa shape index (κ1) is 17.3. The number of carbonyl (C=O) groups is 2. The Hall–Kier alpha value is -1.75. The van der Waals surface area contributed by atoms with Crippen LogP contribution in [0.1, 0.15) is 33.1 Å². The molecule has 0 bridgehead atoms. The average Bonchev–Trinajstić information content (AvgIpc) is 2.42. The first-order valence-electron chi connectivity index (χ1n) is 6.99. The van der Waals surface area contributed by atoms with E-state index in [1.807, 2.05) is 6.92 Å². The average molecular weight is 313 g/mol. The fourth-order valence-electron chi connectivity index (χ4n) is 1.93. The van der Waals surface area contributed by atoms with Crippen molar-refractivity contribution in [2.24, 2.45) is 0 Å². The van der Waals surface area contributed by atoms with Gasteiger partial charge in [0.05, 0.1) is 0 Å². The molecule has 116 valence electrons. The van der Waals surface area contributed by atoms with Gasteiger partial charge in [0.15, 0.2) is 0 Å². The van der Waals surface area contributed by atoms with E-state index in [2.05, 4.69) is 12.2 Å². The Morgan fingerprint density at radius 3 is 2.71 bits per heavy atom. The summed E-state index contributed by atoms with van der Waals surface area (Å²) in [6, 6.07) is 6.15. The summed E-state index contributed by atoms with van der Waals surface area (Å²) in [7, 11) is 0. The van der Waals surface area contributed by atoms with Crippen LogP contribution in [0.5, 0.6) is 0 Å². The minimum absolute atomic E-state index is 0.00655. The highest BCUT2D eigenvalue weighted by Crippen LogP contribution is 2.19. The van der Waals surface area contributed by atoms with E-state index < -0.39 is 18.5 Å². The third-order valence-electron chi connectivity index (χ3n) is 3.02. The van der Waals surface area contributed by atoms with Crippen molar-refractivity contribution in [2.45, 2.75) is 39.2 Å². The highest BCUT2D eigenvalue weighted by Gasteiger charge is 2.20. The standard InChI is InChI=1S/C15H21ClN2O3/c1-3-4-6-11(2)17-15(21)18(10-14(19)20)13-8-5-7-12(16)9-13/h5,7-9,11H,3-4,6,10H2,1-2H3,(H,17,21)(H,19,20). The maximum Gasteiger partial charge on any atom is 0.323 e. The number of carboxylic acid groups (broad SMARTS) is 1. The number of nitrogens with zero attached hydrogens (tertiary/aromatic N) is 1. The van der Waals surface area contributed by atoms with E-state index in [0.29, 0.717) is 10.7 Å². The Kier molecular flexibility index (Phi) is 7.02. The zero-order valence-electron chi connectivity index (χ0n) is 12.3. The molecule has 0 saturated carbocycles. The van der Waals surface area contributed by atoms with Gasteiger partial charge in [-0.1, -0.05) is 37.4 Å². The Labute approximate surface area is 129 Å². The summed E-state index contributed by atoms with van der Waals surface area (Å²) in [4.78, 5) is 24.4. The Balaban J connectivity index is 2.82. The van der Waals surface area contributed by atoms with Crippen molar-refractivity contribution < 1.29 is 14.7 Å².